The molecule has 0 amide bonds. The molecule has 0 aromatic carbocycles. The predicted molar refractivity (Wildman–Crippen MR) is 49.9 cm³/mol. The number of pyridine rings is 1. The fraction of sp³-hybridized carbons (Fsp3) is 0.400. The van der Waals surface area contributed by atoms with Gasteiger partial charge in [-0.1, -0.05) is 0 Å². The van der Waals surface area contributed by atoms with Gasteiger partial charge in [-0.3, -0.25) is 0 Å². The van der Waals surface area contributed by atoms with Crippen LogP contribution in [0.15, 0.2) is 12.1 Å². The predicted octanol–water partition coefficient (Wildman–Crippen LogP) is 2.59. The Morgan fingerprint density at radius 3 is 2.56 bits per heavy atom. The maximum atomic E-state index is 12.4. The molecule has 88 valence electrons. The molecular weight excluding hydrogens is 223 g/mol. The van der Waals surface area contributed by atoms with Crippen molar-refractivity contribution in [1.82, 2.24) is 4.98 Å². The Hall–Kier alpha value is -1.59. The van der Waals surface area contributed by atoms with Crippen molar-refractivity contribution in [2.75, 3.05) is 6.61 Å². The molecule has 0 atom stereocenters. The lowest BCUT2D eigenvalue weighted by atomic mass is 10.2. The van der Waals surface area contributed by atoms with Crippen molar-refractivity contribution in [3.8, 4) is 0 Å². The summed E-state index contributed by atoms with van der Waals surface area (Å²) in [6, 6.07) is 1.94. The van der Waals surface area contributed by atoms with E-state index in [0.717, 1.165) is 0 Å². The maximum absolute atomic E-state index is 12.4. The van der Waals surface area contributed by atoms with Crippen LogP contribution in [-0.4, -0.2) is 17.6 Å². The molecule has 0 fully saturated rings. The van der Waals surface area contributed by atoms with Crippen molar-refractivity contribution in [1.29, 1.82) is 0 Å². The minimum absolute atomic E-state index is 0.113. The van der Waals surface area contributed by atoms with Crippen molar-refractivity contribution in [3.05, 3.63) is 29.1 Å². The number of hydrogen-bond acceptors (Lipinski definition) is 3. The lowest BCUT2D eigenvalue weighted by Crippen LogP contribution is -2.12. The van der Waals surface area contributed by atoms with E-state index < -0.39 is 17.8 Å². The van der Waals surface area contributed by atoms with Crippen LogP contribution in [0, 0.1) is 6.92 Å². The third kappa shape index (κ3) is 2.95. The first kappa shape index (κ1) is 12.5. The molecule has 6 heteroatoms. The largest absolute Gasteiger partial charge is 0.462 e. The Kier molecular flexibility index (Phi) is 3.51. The SMILES string of the molecule is CCOC(=O)c1cc(C)nc(C(F)(F)F)c1. The molecule has 0 radical (unpaired) electrons. The smallest absolute Gasteiger partial charge is 0.433 e. The van der Waals surface area contributed by atoms with Gasteiger partial charge in [0.15, 0.2) is 0 Å². The van der Waals surface area contributed by atoms with Gasteiger partial charge in [-0.2, -0.15) is 13.2 Å². The summed E-state index contributed by atoms with van der Waals surface area (Å²) in [6.45, 7) is 3.08. The third-order valence-electron chi connectivity index (χ3n) is 1.75. The van der Waals surface area contributed by atoms with E-state index in [4.69, 9.17) is 0 Å². The Balaban J connectivity index is 3.13. The summed E-state index contributed by atoms with van der Waals surface area (Å²) in [7, 11) is 0. The number of alkyl halides is 3. The molecule has 0 aliphatic heterocycles. The topological polar surface area (TPSA) is 39.2 Å². The molecule has 0 N–H and O–H groups in total. The van der Waals surface area contributed by atoms with Gasteiger partial charge in [0.1, 0.15) is 5.69 Å². The maximum Gasteiger partial charge on any atom is 0.433 e. The highest BCUT2D eigenvalue weighted by molar-refractivity contribution is 5.89. The van der Waals surface area contributed by atoms with Gasteiger partial charge in [-0.25, -0.2) is 9.78 Å². The van der Waals surface area contributed by atoms with Crippen LogP contribution in [-0.2, 0) is 10.9 Å². The summed E-state index contributed by atoms with van der Waals surface area (Å²) in [5.41, 5.74) is -1.10. The first-order valence-corrected chi connectivity index (χ1v) is 4.57. The van der Waals surface area contributed by atoms with Crippen molar-refractivity contribution >= 4 is 5.97 Å². The third-order valence-corrected chi connectivity index (χ3v) is 1.75. The molecular formula is C10H10F3NO2. The molecule has 1 aromatic rings. The minimum atomic E-state index is -4.56. The van der Waals surface area contributed by atoms with Crippen LogP contribution in [0.1, 0.15) is 28.7 Å². The summed E-state index contributed by atoms with van der Waals surface area (Å²) in [4.78, 5) is 14.6. The molecule has 3 nitrogen and oxygen atoms in total. The monoisotopic (exact) mass is 233 g/mol. The van der Waals surface area contributed by atoms with Gasteiger partial charge in [0, 0.05) is 5.69 Å². The zero-order valence-electron chi connectivity index (χ0n) is 8.76. The van der Waals surface area contributed by atoms with Crippen LogP contribution in [0.2, 0.25) is 0 Å². The molecule has 0 unspecified atom stereocenters. The highest BCUT2D eigenvalue weighted by Gasteiger charge is 2.33. The van der Waals surface area contributed by atoms with E-state index in [-0.39, 0.29) is 17.9 Å². The number of carbonyl (C=O) groups excluding carboxylic acids is 1. The van der Waals surface area contributed by atoms with Crippen molar-refractivity contribution in [2.24, 2.45) is 0 Å². The van der Waals surface area contributed by atoms with Gasteiger partial charge in [0.05, 0.1) is 12.2 Å². The van der Waals surface area contributed by atoms with E-state index >= 15 is 0 Å². The number of ether oxygens (including phenoxy) is 1. The van der Waals surface area contributed by atoms with Gasteiger partial charge in [-0.05, 0) is 26.0 Å². The number of carbonyl (C=O) groups is 1. The first-order valence-electron chi connectivity index (χ1n) is 4.57. The van der Waals surface area contributed by atoms with E-state index in [1.54, 1.807) is 6.92 Å². The van der Waals surface area contributed by atoms with Gasteiger partial charge in [0.25, 0.3) is 0 Å². The van der Waals surface area contributed by atoms with Crippen molar-refractivity contribution in [2.45, 2.75) is 20.0 Å². The summed E-state index contributed by atoms with van der Waals surface area (Å²) < 4.78 is 41.8. The molecule has 0 aliphatic rings. The molecule has 16 heavy (non-hydrogen) atoms. The molecule has 0 spiro atoms. The van der Waals surface area contributed by atoms with Gasteiger partial charge in [-0.15, -0.1) is 0 Å². The molecule has 1 aromatic heterocycles. The molecule has 1 heterocycles. The average molecular weight is 233 g/mol. The van der Waals surface area contributed by atoms with Crippen LogP contribution in [0.25, 0.3) is 0 Å². The second-order valence-corrected chi connectivity index (χ2v) is 3.10. The number of esters is 1. The van der Waals surface area contributed by atoms with Crippen LogP contribution >= 0.6 is 0 Å². The van der Waals surface area contributed by atoms with E-state index in [2.05, 4.69) is 9.72 Å². The van der Waals surface area contributed by atoms with Crippen molar-refractivity contribution < 1.29 is 22.7 Å². The molecule has 0 saturated heterocycles. The standard InChI is InChI=1S/C10H10F3NO2/c1-3-16-9(15)7-4-6(2)14-8(5-7)10(11,12)13/h4-5H,3H2,1-2H3. The summed E-state index contributed by atoms with van der Waals surface area (Å²) in [5.74, 6) is -0.779. The van der Waals surface area contributed by atoms with E-state index in [1.807, 2.05) is 0 Å². The second kappa shape index (κ2) is 4.51. The van der Waals surface area contributed by atoms with Crippen molar-refractivity contribution in [3.63, 3.8) is 0 Å². The van der Waals surface area contributed by atoms with Crippen LogP contribution in [0.5, 0.6) is 0 Å². The number of halogens is 3. The van der Waals surface area contributed by atoms with E-state index in [1.165, 1.54) is 13.0 Å². The van der Waals surface area contributed by atoms with Gasteiger partial charge in [0.2, 0.25) is 0 Å². The van der Waals surface area contributed by atoms with Crippen LogP contribution < -0.4 is 0 Å². The Morgan fingerprint density at radius 1 is 1.44 bits per heavy atom. The molecule has 1 rings (SSSR count). The zero-order valence-corrected chi connectivity index (χ0v) is 8.76. The number of aromatic nitrogens is 1. The summed E-state index contributed by atoms with van der Waals surface area (Å²) in [6.07, 6.45) is -4.56. The fourth-order valence-electron chi connectivity index (χ4n) is 1.15. The number of rotatable bonds is 2. The lowest BCUT2D eigenvalue weighted by Gasteiger charge is -2.08. The highest BCUT2D eigenvalue weighted by atomic mass is 19.4. The quantitative estimate of drug-likeness (QED) is 0.737. The summed E-state index contributed by atoms with van der Waals surface area (Å²) >= 11 is 0. The fourth-order valence-corrected chi connectivity index (χ4v) is 1.15. The number of aryl methyl sites for hydroxylation is 1. The first-order chi connectivity index (χ1) is 7.34. The molecule has 0 aliphatic carbocycles. The highest BCUT2D eigenvalue weighted by Crippen LogP contribution is 2.28. The second-order valence-electron chi connectivity index (χ2n) is 3.10. The normalized spacial score (nSPS) is 11.3. The minimum Gasteiger partial charge on any atom is -0.462 e. The Morgan fingerprint density at radius 2 is 2.06 bits per heavy atom. The Bertz CT molecular complexity index is 402. The molecule has 0 bridgehead atoms. The number of nitrogens with zero attached hydrogens (tertiary/aromatic N) is 1. The lowest BCUT2D eigenvalue weighted by molar-refractivity contribution is -0.141. The Labute approximate surface area is 90.2 Å². The average Bonchev–Trinajstić information content (AvgIpc) is 2.16. The van der Waals surface area contributed by atoms with E-state index in [9.17, 15) is 18.0 Å². The van der Waals surface area contributed by atoms with Gasteiger partial charge < -0.3 is 4.74 Å². The van der Waals surface area contributed by atoms with E-state index in [0.29, 0.717) is 6.07 Å². The van der Waals surface area contributed by atoms with Crippen LogP contribution in [0.4, 0.5) is 13.2 Å². The summed E-state index contributed by atoms with van der Waals surface area (Å²) in [5, 5.41) is 0. The van der Waals surface area contributed by atoms with Gasteiger partial charge >= 0.3 is 12.1 Å². The zero-order chi connectivity index (χ0) is 12.3. The number of hydrogen-bond donors (Lipinski definition) is 0. The van der Waals surface area contributed by atoms with Crippen LogP contribution in [0.3, 0.4) is 0 Å². The molecule has 0 saturated carbocycles.